The van der Waals surface area contributed by atoms with Crippen LogP contribution in [0.5, 0.6) is 0 Å². The largest absolute Gasteiger partial charge is 0.360 e. The van der Waals surface area contributed by atoms with Crippen molar-refractivity contribution in [1.82, 2.24) is 5.16 Å². The monoisotopic (exact) mass is 214 g/mol. The summed E-state index contributed by atoms with van der Waals surface area (Å²) in [5.41, 5.74) is 10.4. The average molecular weight is 214 g/mol. The zero-order valence-corrected chi connectivity index (χ0v) is 9.23. The molecule has 2 aromatic rings. The first-order valence-electron chi connectivity index (χ1n) is 5.57. The molecule has 0 fully saturated rings. The average Bonchev–Trinajstić information content (AvgIpc) is 2.84. The van der Waals surface area contributed by atoms with E-state index in [4.69, 9.17) is 10.3 Å². The molecule has 1 aromatic heterocycles. The van der Waals surface area contributed by atoms with E-state index in [1.807, 2.05) is 0 Å². The fourth-order valence-corrected chi connectivity index (χ4v) is 2.24. The molecule has 0 radical (unpaired) electrons. The van der Waals surface area contributed by atoms with Gasteiger partial charge in [0.15, 0.2) is 0 Å². The number of nitrogens with two attached hydrogens (primary N) is 1. The summed E-state index contributed by atoms with van der Waals surface area (Å²) in [6, 6.07) is 8.38. The Hall–Kier alpha value is -1.61. The van der Waals surface area contributed by atoms with E-state index in [1.165, 1.54) is 5.56 Å². The van der Waals surface area contributed by atoms with Gasteiger partial charge < -0.3 is 10.3 Å². The lowest BCUT2D eigenvalue weighted by atomic mass is 10.0. The minimum Gasteiger partial charge on any atom is -0.360 e. The van der Waals surface area contributed by atoms with Gasteiger partial charge in [-0.3, -0.25) is 0 Å². The van der Waals surface area contributed by atoms with Gasteiger partial charge in [0.05, 0.1) is 0 Å². The number of benzene rings is 1. The first kappa shape index (κ1) is 9.60. The van der Waals surface area contributed by atoms with Crippen molar-refractivity contribution in [3.05, 3.63) is 41.2 Å². The fraction of sp³-hybridized carbons (Fsp3) is 0.308. The number of hydrogen-bond donors (Lipinski definition) is 1. The Balaban J connectivity index is 2.11. The van der Waals surface area contributed by atoms with Crippen LogP contribution in [0.25, 0.3) is 11.3 Å². The molecule has 3 heteroatoms. The number of aromatic nitrogens is 1. The predicted octanol–water partition coefficient (Wildman–Crippen LogP) is 2.60. The van der Waals surface area contributed by atoms with Crippen LogP contribution in [0.4, 0.5) is 0 Å². The van der Waals surface area contributed by atoms with Gasteiger partial charge >= 0.3 is 0 Å². The molecule has 0 saturated carbocycles. The second-order valence-corrected chi connectivity index (χ2v) is 4.38. The summed E-state index contributed by atoms with van der Waals surface area (Å²) in [5.74, 6) is 0.961. The van der Waals surface area contributed by atoms with Gasteiger partial charge in [0.25, 0.3) is 0 Å². The lowest BCUT2D eigenvalue weighted by Crippen LogP contribution is -2.06. The van der Waals surface area contributed by atoms with Crippen molar-refractivity contribution in [2.24, 2.45) is 5.73 Å². The number of nitrogens with zero attached hydrogens (tertiary/aromatic N) is 1. The first-order chi connectivity index (χ1) is 7.75. The molecule has 0 saturated heterocycles. The number of rotatable bonds is 1. The van der Waals surface area contributed by atoms with E-state index < -0.39 is 0 Å². The minimum absolute atomic E-state index is 0.0811. The van der Waals surface area contributed by atoms with Gasteiger partial charge in [0, 0.05) is 23.6 Å². The number of fused-ring (bicyclic) bond motifs is 1. The molecular weight excluding hydrogens is 200 g/mol. The van der Waals surface area contributed by atoms with E-state index in [0.29, 0.717) is 0 Å². The molecule has 16 heavy (non-hydrogen) atoms. The SMILES string of the molecule is Cc1ccc(-c2noc3c2C(N)CC3)cc1. The van der Waals surface area contributed by atoms with Crippen LogP contribution in [-0.4, -0.2) is 5.16 Å². The zero-order valence-electron chi connectivity index (χ0n) is 9.23. The maximum atomic E-state index is 6.06. The molecule has 3 nitrogen and oxygen atoms in total. The van der Waals surface area contributed by atoms with Crippen LogP contribution in [0.2, 0.25) is 0 Å². The standard InChI is InChI=1S/C13H14N2O/c1-8-2-4-9(5-3-8)13-12-10(14)6-7-11(12)16-15-13/h2-5,10H,6-7,14H2,1H3. The van der Waals surface area contributed by atoms with Crippen molar-refractivity contribution < 1.29 is 4.52 Å². The van der Waals surface area contributed by atoms with Crippen molar-refractivity contribution in [2.45, 2.75) is 25.8 Å². The maximum Gasteiger partial charge on any atom is 0.142 e. The van der Waals surface area contributed by atoms with Gasteiger partial charge in [-0.2, -0.15) is 0 Å². The Morgan fingerprint density at radius 2 is 2.06 bits per heavy atom. The quantitative estimate of drug-likeness (QED) is 0.793. The molecule has 2 N–H and O–H groups in total. The molecule has 1 heterocycles. The Morgan fingerprint density at radius 3 is 2.81 bits per heavy atom. The number of aryl methyl sites for hydroxylation is 2. The summed E-state index contributed by atoms with van der Waals surface area (Å²) in [6.07, 6.45) is 1.88. The van der Waals surface area contributed by atoms with Crippen LogP contribution in [0.15, 0.2) is 28.8 Å². The van der Waals surface area contributed by atoms with Crippen LogP contribution in [0.1, 0.15) is 29.3 Å². The van der Waals surface area contributed by atoms with E-state index in [0.717, 1.165) is 35.4 Å². The summed E-state index contributed by atoms with van der Waals surface area (Å²) in [6.45, 7) is 2.07. The molecule has 1 atom stereocenters. The molecule has 0 spiro atoms. The first-order valence-corrected chi connectivity index (χ1v) is 5.57. The maximum absolute atomic E-state index is 6.06. The lowest BCUT2D eigenvalue weighted by Gasteiger charge is -2.04. The summed E-state index contributed by atoms with van der Waals surface area (Å²) in [4.78, 5) is 0. The van der Waals surface area contributed by atoms with Gasteiger partial charge in [-0.1, -0.05) is 35.0 Å². The van der Waals surface area contributed by atoms with E-state index >= 15 is 0 Å². The highest BCUT2D eigenvalue weighted by atomic mass is 16.5. The smallest absolute Gasteiger partial charge is 0.142 e. The van der Waals surface area contributed by atoms with Gasteiger partial charge in [-0.15, -0.1) is 0 Å². The van der Waals surface area contributed by atoms with Crippen LogP contribution >= 0.6 is 0 Å². The molecule has 1 unspecified atom stereocenters. The molecule has 1 aliphatic carbocycles. The summed E-state index contributed by atoms with van der Waals surface area (Å²) >= 11 is 0. The van der Waals surface area contributed by atoms with Gasteiger partial charge in [-0.05, 0) is 13.3 Å². The Morgan fingerprint density at radius 1 is 1.31 bits per heavy atom. The van der Waals surface area contributed by atoms with Crippen molar-refractivity contribution >= 4 is 0 Å². The Bertz CT molecular complexity index is 513. The van der Waals surface area contributed by atoms with Gasteiger partial charge in [0.1, 0.15) is 11.5 Å². The lowest BCUT2D eigenvalue weighted by molar-refractivity contribution is 0.388. The highest BCUT2D eigenvalue weighted by molar-refractivity contribution is 5.65. The topological polar surface area (TPSA) is 52.0 Å². The Labute approximate surface area is 94.2 Å². The highest BCUT2D eigenvalue weighted by Crippen LogP contribution is 2.36. The molecule has 1 aromatic carbocycles. The van der Waals surface area contributed by atoms with Crippen LogP contribution in [0, 0.1) is 6.92 Å². The second kappa shape index (κ2) is 3.46. The number of hydrogen-bond acceptors (Lipinski definition) is 3. The predicted molar refractivity (Wildman–Crippen MR) is 61.9 cm³/mol. The Kier molecular flexibility index (Phi) is 2.07. The molecule has 0 amide bonds. The van der Waals surface area contributed by atoms with Crippen molar-refractivity contribution in [2.75, 3.05) is 0 Å². The molecule has 82 valence electrons. The summed E-state index contributed by atoms with van der Waals surface area (Å²) in [7, 11) is 0. The summed E-state index contributed by atoms with van der Waals surface area (Å²) in [5, 5.41) is 4.13. The van der Waals surface area contributed by atoms with Crippen molar-refractivity contribution in [1.29, 1.82) is 0 Å². The van der Waals surface area contributed by atoms with E-state index in [9.17, 15) is 0 Å². The fourth-order valence-electron chi connectivity index (χ4n) is 2.24. The van der Waals surface area contributed by atoms with Crippen molar-refractivity contribution in [3.63, 3.8) is 0 Å². The molecule has 1 aliphatic rings. The molecule has 0 aliphatic heterocycles. The summed E-state index contributed by atoms with van der Waals surface area (Å²) < 4.78 is 5.33. The van der Waals surface area contributed by atoms with Gasteiger partial charge in [-0.25, -0.2) is 0 Å². The zero-order chi connectivity index (χ0) is 11.1. The minimum atomic E-state index is 0.0811. The van der Waals surface area contributed by atoms with E-state index in [1.54, 1.807) is 0 Å². The van der Waals surface area contributed by atoms with Crippen molar-refractivity contribution in [3.8, 4) is 11.3 Å². The van der Waals surface area contributed by atoms with Crippen LogP contribution in [0.3, 0.4) is 0 Å². The second-order valence-electron chi connectivity index (χ2n) is 4.38. The molecule has 0 bridgehead atoms. The molecule has 3 rings (SSSR count). The molecular formula is C13H14N2O. The van der Waals surface area contributed by atoms with Gasteiger partial charge in [0.2, 0.25) is 0 Å². The highest BCUT2D eigenvalue weighted by Gasteiger charge is 2.28. The third kappa shape index (κ3) is 1.36. The third-order valence-corrected chi connectivity index (χ3v) is 3.18. The van der Waals surface area contributed by atoms with Crippen LogP contribution < -0.4 is 5.73 Å². The van der Waals surface area contributed by atoms with E-state index in [2.05, 4.69) is 36.3 Å². The van der Waals surface area contributed by atoms with E-state index in [-0.39, 0.29) is 6.04 Å². The van der Waals surface area contributed by atoms with Crippen LogP contribution in [-0.2, 0) is 6.42 Å². The normalized spacial score (nSPS) is 18.8. The third-order valence-electron chi connectivity index (χ3n) is 3.18.